The minimum atomic E-state index is 0.0839. The summed E-state index contributed by atoms with van der Waals surface area (Å²) < 4.78 is 0. The molecule has 0 heterocycles. The maximum absolute atomic E-state index is 12.1. The molecule has 1 aliphatic carbocycles. The first-order chi connectivity index (χ1) is 9.65. The van der Waals surface area contributed by atoms with Gasteiger partial charge in [0.25, 0.3) is 0 Å². The van der Waals surface area contributed by atoms with Crippen LogP contribution in [0, 0.1) is 6.92 Å². The Balaban J connectivity index is 1.82. The monoisotopic (exact) mass is 274 g/mol. The molecule has 0 bridgehead atoms. The lowest BCUT2D eigenvalue weighted by atomic mass is 10.1. The van der Waals surface area contributed by atoms with E-state index in [1.807, 2.05) is 31.2 Å². The van der Waals surface area contributed by atoms with Crippen LogP contribution < -0.4 is 5.32 Å². The third-order valence-electron chi connectivity index (χ3n) is 4.18. The van der Waals surface area contributed by atoms with Crippen LogP contribution in [0.1, 0.15) is 44.1 Å². The summed E-state index contributed by atoms with van der Waals surface area (Å²) in [5.74, 6) is 0.0839. The van der Waals surface area contributed by atoms with Gasteiger partial charge in [-0.3, -0.25) is 9.69 Å². The second-order valence-corrected chi connectivity index (χ2v) is 5.97. The molecule has 20 heavy (non-hydrogen) atoms. The van der Waals surface area contributed by atoms with E-state index in [1.54, 1.807) is 0 Å². The van der Waals surface area contributed by atoms with Gasteiger partial charge in [-0.2, -0.15) is 0 Å². The zero-order valence-corrected chi connectivity index (χ0v) is 12.7. The molecular formula is C17H26N2O. The number of nitrogens with one attached hydrogen (secondary N) is 1. The summed E-state index contributed by atoms with van der Waals surface area (Å²) in [6, 6.07) is 8.52. The molecule has 1 aliphatic rings. The number of benzene rings is 1. The highest BCUT2D eigenvalue weighted by Gasteiger charge is 2.18. The molecule has 0 saturated heterocycles. The summed E-state index contributed by atoms with van der Waals surface area (Å²) in [5, 5.41) is 2.97. The largest absolute Gasteiger partial charge is 0.325 e. The lowest BCUT2D eigenvalue weighted by molar-refractivity contribution is -0.117. The first-order valence-corrected chi connectivity index (χ1v) is 7.72. The summed E-state index contributed by atoms with van der Waals surface area (Å²) in [6.45, 7) is 2.53. The van der Waals surface area contributed by atoms with Crippen LogP contribution >= 0.6 is 0 Å². The molecule has 0 aliphatic heterocycles. The Labute approximate surface area is 122 Å². The van der Waals surface area contributed by atoms with E-state index in [4.69, 9.17) is 0 Å². The van der Waals surface area contributed by atoms with Gasteiger partial charge < -0.3 is 5.32 Å². The topological polar surface area (TPSA) is 32.3 Å². The molecule has 1 amide bonds. The van der Waals surface area contributed by atoms with Gasteiger partial charge in [-0.15, -0.1) is 0 Å². The van der Waals surface area contributed by atoms with Gasteiger partial charge in [0, 0.05) is 11.7 Å². The van der Waals surface area contributed by atoms with Gasteiger partial charge >= 0.3 is 0 Å². The second kappa shape index (κ2) is 7.44. The molecule has 1 fully saturated rings. The van der Waals surface area contributed by atoms with Crippen LogP contribution in [0.4, 0.5) is 5.69 Å². The van der Waals surface area contributed by atoms with Gasteiger partial charge in [0.15, 0.2) is 0 Å². The average molecular weight is 274 g/mol. The summed E-state index contributed by atoms with van der Waals surface area (Å²) in [5.41, 5.74) is 2.09. The van der Waals surface area contributed by atoms with E-state index in [0.29, 0.717) is 12.6 Å². The highest BCUT2D eigenvalue weighted by atomic mass is 16.2. The number of anilines is 1. The minimum absolute atomic E-state index is 0.0839. The number of carbonyl (C=O) groups is 1. The Kier molecular flexibility index (Phi) is 5.60. The lowest BCUT2D eigenvalue weighted by Gasteiger charge is -2.26. The smallest absolute Gasteiger partial charge is 0.238 e. The molecule has 0 spiro atoms. The summed E-state index contributed by atoms with van der Waals surface area (Å²) in [4.78, 5) is 14.3. The third-order valence-corrected chi connectivity index (χ3v) is 4.18. The molecule has 1 aromatic carbocycles. The van der Waals surface area contributed by atoms with Crippen LogP contribution in [0.25, 0.3) is 0 Å². The maximum Gasteiger partial charge on any atom is 0.238 e. The average Bonchev–Trinajstić information content (AvgIpc) is 2.70. The normalized spacial score (nSPS) is 16.9. The molecule has 1 aromatic rings. The summed E-state index contributed by atoms with van der Waals surface area (Å²) >= 11 is 0. The van der Waals surface area contributed by atoms with Crippen LogP contribution in [-0.2, 0) is 4.79 Å². The van der Waals surface area contributed by atoms with E-state index in [0.717, 1.165) is 5.69 Å². The van der Waals surface area contributed by atoms with Crippen LogP contribution in [0.15, 0.2) is 24.3 Å². The molecule has 3 nitrogen and oxygen atoms in total. The van der Waals surface area contributed by atoms with Crippen molar-refractivity contribution in [3.63, 3.8) is 0 Å². The second-order valence-electron chi connectivity index (χ2n) is 5.97. The van der Waals surface area contributed by atoms with Crippen molar-refractivity contribution in [1.29, 1.82) is 0 Å². The zero-order valence-electron chi connectivity index (χ0n) is 12.7. The Hall–Kier alpha value is -1.35. The van der Waals surface area contributed by atoms with Crippen LogP contribution in [0.2, 0.25) is 0 Å². The number of amides is 1. The fourth-order valence-electron chi connectivity index (χ4n) is 2.89. The number of nitrogens with zero attached hydrogens (tertiary/aromatic N) is 1. The van der Waals surface area contributed by atoms with Crippen molar-refractivity contribution in [2.24, 2.45) is 0 Å². The van der Waals surface area contributed by atoms with Crippen molar-refractivity contribution in [1.82, 2.24) is 4.90 Å². The summed E-state index contributed by atoms with van der Waals surface area (Å²) in [7, 11) is 2.07. The molecule has 1 N–H and O–H groups in total. The van der Waals surface area contributed by atoms with E-state index in [-0.39, 0.29) is 5.91 Å². The number of rotatable bonds is 4. The van der Waals surface area contributed by atoms with Crippen molar-refractivity contribution in [2.45, 2.75) is 51.5 Å². The molecule has 0 unspecified atom stereocenters. The first kappa shape index (κ1) is 15.0. The standard InChI is InChI=1S/C17H26N2O/c1-14-9-11-15(12-10-14)18-17(20)13-19(2)16-7-5-3-4-6-8-16/h9-12,16H,3-8,13H2,1-2H3,(H,18,20). The Morgan fingerprint density at radius 2 is 1.75 bits per heavy atom. The van der Waals surface area contributed by atoms with E-state index in [2.05, 4.69) is 17.3 Å². The van der Waals surface area contributed by atoms with Gasteiger partial charge in [-0.05, 0) is 38.9 Å². The first-order valence-electron chi connectivity index (χ1n) is 7.72. The lowest BCUT2D eigenvalue weighted by Crippen LogP contribution is -2.37. The van der Waals surface area contributed by atoms with E-state index in [1.165, 1.54) is 44.1 Å². The van der Waals surface area contributed by atoms with Crippen LogP contribution in [-0.4, -0.2) is 30.4 Å². The van der Waals surface area contributed by atoms with Crippen molar-refractivity contribution < 1.29 is 4.79 Å². The van der Waals surface area contributed by atoms with Gasteiger partial charge in [0.1, 0.15) is 0 Å². The van der Waals surface area contributed by atoms with E-state index >= 15 is 0 Å². The third kappa shape index (κ3) is 4.64. The Morgan fingerprint density at radius 3 is 2.35 bits per heavy atom. The van der Waals surface area contributed by atoms with Crippen molar-refractivity contribution in [3.8, 4) is 0 Å². The van der Waals surface area contributed by atoms with E-state index < -0.39 is 0 Å². The maximum atomic E-state index is 12.1. The number of hydrogen-bond acceptors (Lipinski definition) is 2. The highest BCUT2D eigenvalue weighted by Crippen LogP contribution is 2.21. The van der Waals surface area contributed by atoms with Crippen molar-refractivity contribution >= 4 is 11.6 Å². The molecule has 2 rings (SSSR count). The predicted octanol–water partition coefficient (Wildman–Crippen LogP) is 3.59. The van der Waals surface area contributed by atoms with Crippen molar-refractivity contribution in [2.75, 3.05) is 18.9 Å². The fraction of sp³-hybridized carbons (Fsp3) is 0.588. The van der Waals surface area contributed by atoms with Gasteiger partial charge in [0.05, 0.1) is 6.54 Å². The Morgan fingerprint density at radius 1 is 1.15 bits per heavy atom. The molecule has 110 valence electrons. The molecular weight excluding hydrogens is 248 g/mol. The quantitative estimate of drug-likeness (QED) is 0.851. The number of carbonyl (C=O) groups excluding carboxylic acids is 1. The van der Waals surface area contributed by atoms with Crippen molar-refractivity contribution in [3.05, 3.63) is 29.8 Å². The van der Waals surface area contributed by atoms with Crippen LogP contribution in [0.3, 0.4) is 0 Å². The van der Waals surface area contributed by atoms with Crippen LogP contribution in [0.5, 0.6) is 0 Å². The summed E-state index contributed by atoms with van der Waals surface area (Å²) in [6.07, 6.45) is 7.76. The predicted molar refractivity (Wildman–Crippen MR) is 83.9 cm³/mol. The Bertz CT molecular complexity index is 419. The molecule has 0 atom stereocenters. The SMILES string of the molecule is Cc1ccc(NC(=O)CN(C)C2CCCCCC2)cc1. The number of likely N-dealkylation sites (N-methyl/N-ethyl adjacent to an activating group) is 1. The van der Waals surface area contributed by atoms with Gasteiger partial charge in [-0.25, -0.2) is 0 Å². The molecule has 0 aromatic heterocycles. The van der Waals surface area contributed by atoms with Gasteiger partial charge in [-0.1, -0.05) is 43.4 Å². The number of aryl methyl sites for hydroxylation is 1. The fourth-order valence-corrected chi connectivity index (χ4v) is 2.89. The highest BCUT2D eigenvalue weighted by molar-refractivity contribution is 5.92. The molecule has 3 heteroatoms. The van der Waals surface area contributed by atoms with Gasteiger partial charge in [0.2, 0.25) is 5.91 Å². The van der Waals surface area contributed by atoms with E-state index in [9.17, 15) is 4.79 Å². The molecule has 0 radical (unpaired) electrons. The zero-order chi connectivity index (χ0) is 14.4. The minimum Gasteiger partial charge on any atom is -0.325 e. The number of hydrogen-bond donors (Lipinski definition) is 1. The molecule has 1 saturated carbocycles.